The molecule has 1 aromatic carbocycles. The first-order valence-corrected chi connectivity index (χ1v) is 7.14. The zero-order valence-corrected chi connectivity index (χ0v) is 12.9. The quantitative estimate of drug-likeness (QED) is 0.920. The molecule has 0 bridgehead atoms. The first-order chi connectivity index (χ1) is 9.06. The van der Waals surface area contributed by atoms with Gasteiger partial charge in [-0.3, -0.25) is 0 Å². The summed E-state index contributed by atoms with van der Waals surface area (Å²) in [7, 11) is 3.52. The van der Waals surface area contributed by atoms with Crippen molar-refractivity contribution in [3.05, 3.63) is 27.7 Å². The van der Waals surface area contributed by atoms with Gasteiger partial charge in [-0.05, 0) is 32.0 Å². The molecule has 0 aliphatic carbocycles. The third kappa shape index (κ3) is 3.16. The Morgan fingerprint density at radius 1 is 1.37 bits per heavy atom. The van der Waals surface area contributed by atoms with Gasteiger partial charge in [-0.15, -0.1) is 0 Å². The van der Waals surface area contributed by atoms with E-state index in [0.29, 0.717) is 27.8 Å². The molecule has 0 radical (unpaired) electrons. The molecule has 1 heterocycles. The van der Waals surface area contributed by atoms with E-state index >= 15 is 0 Å². The van der Waals surface area contributed by atoms with E-state index in [1.165, 1.54) is 0 Å². The zero-order chi connectivity index (χ0) is 14.0. The van der Waals surface area contributed by atoms with Crippen molar-refractivity contribution in [2.45, 2.75) is 25.5 Å². The van der Waals surface area contributed by atoms with Crippen LogP contribution >= 0.6 is 23.2 Å². The van der Waals surface area contributed by atoms with E-state index in [4.69, 9.17) is 32.7 Å². The molecule has 19 heavy (non-hydrogen) atoms. The van der Waals surface area contributed by atoms with Gasteiger partial charge in [0.1, 0.15) is 5.75 Å². The fourth-order valence-corrected chi connectivity index (χ4v) is 3.19. The molecule has 3 atom stereocenters. The summed E-state index contributed by atoms with van der Waals surface area (Å²) in [5.41, 5.74) is 0.998. The van der Waals surface area contributed by atoms with Crippen LogP contribution in [0.2, 0.25) is 10.0 Å². The summed E-state index contributed by atoms with van der Waals surface area (Å²) in [6.07, 6.45) is 1.32. The summed E-state index contributed by atoms with van der Waals surface area (Å²) in [4.78, 5) is 0. The summed E-state index contributed by atoms with van der Waals surface area (Å²) >= 11 is 12.5. The van der Waals surface area contributed by atoms with E-state index in [9.17, 15) is 0 Å². The van der Waals surface area contributed by atoms with Gasteiger partial charge in [0.15, 0.2) is 0 Å². The Morgan fingerprint density at radius 3 is 2.63 bits per heavy atom. The highest BCUT2D eigenvalue weighted by Gasteiger charge is 2.31. The second-order valence-electron chi connectivity index (χ2n) is 4.91. The van der Waals surface area contributed by atoms with Gasteiger partial charge < -0.3 is 14.8 Å². The van der Waals surface area contributed by atoms with Crippen LogP contribution in [-0.2, 0) is 4.74 Å². The molecule has 0 saturated carbocycles. The van der Waals surface area contributed by atoms with Crippen molar-refractivity contribution >= 4 is 23.2 Å². The minimum atomic E-state index is 0.140. The Morgan fingerprint density at radius 2 is 2.11 bits per heavy atom. The topological polar surface area (TPSA) is 30.5 Å². The maximum atomic E-state index is 6.35. The van der Waals surface area contributed by atoms with Crippen LogP contribution in [0.3, 0.4) is 0 Å². The highest BCUT2D eigenvalue weighted by molar-refractivity contribution is 6.34. The van der Waals surface area contributed by atoms with Crippen molar-refractivity contribution in [3.63, 3.8) is 0 Å². The van der Waals surface area contributed by atoms with Crippen LogP contribution in [0, 0.1) is 5.92 Å². The molecule has 2 rings (SSSR count). The van der Waals surface area contributed by atoms with Crippen LogP contribution in [-0.4, -0.2) is 26.9 Å². The van der Waals surface area contributed by atoms with Crippen LogP contribution in [0.15, 0.2) is 12.1 Å². The molecule has 0 aromatic heterocycles. The van der Waals surface area contributed by atoms with E-state index < -0.39 is 0 Å². The number of hydrogen-bond donors (Lipinski definition) is 1. The average Bonchev–Trinajstić information content (AvgIpc) is 2.80. The maximum Gasteiger partial charge on any atom is 0.138 e. The lowest BCUT2D eigenvalue weighted by Gasteiger charge is -2.24. The third-order valence-electron chi connectivity index (χ3n) is 3.62. The number of benzene rings is 1. The van der Waals surface area contributed by atoms with E-state index in [2.05, 4.69) is 12.2 Å². The Hall–Kier alpha value is -0.480. The summed E-state index contributed by atoms with van der Waals surface area (Å²) < 4.78 is 10.8. The molecule has 1 aliphatic heterocycles. The van der Waals surface area contributed by atoms with Gasteiger partial charge in [0.05, 0.1) is 24.8 Å². The maximum absolute atomic E-state index is 6.35. The molecular weight excluding hydrogens is 285 g/mol. The van der Waals surface area contributed by atoms with Crippen LogP contribution in [0.1, 0.15) is 24.9 Å². The largest absolute Gasteiger partial charge is 0.495 e. The molecule has 3 unspecified atom stereocenters. The number of halogens is 2. The number of nitrogens with one attached hydrogen (secondary N) is 1. The molecule has 1 fully saturated rings. The molecule has 3 nitrogen and oxygen atoms in total. The van der Waals surface area contributed by atoms with Gasteiger partial charge in [0.2, 0.25) is 0 Å². The summed E-state index contributed by atoms with van der Waals surface area (Å²) in [5.74, 6) is 1.00. The summed E-state index contributed by atoms with van der Waals surface area (Å²) in [6, 6.07) is 3.79. The predicted octanol–water partition coefficient (Wildman–Crippen LogP) is 3.69. The van der Waals surface area contributed by atoms with Crippen molar-refractivity contribution in [3.8, 4) is 5.75 Å². The fourth-order valence-electron chi connectivity index (χ4n) is 2.67. The van der Waals surface area contributed by atoms with Crippen LogP contribution in [0.4, 0.5) is 0 Å². The third-order valence-corrected chi connectivity index (χ3v) is 4.24. The summed E-state index contributed by atoms with van der Waals surface area (Å²) in [5, 5.41) is 4.57. The first kappa shape index (κ1) is 14.9. The smallest absolute Gasteiger partial charge is 0.138 e. The Balaban J connectivity index is 2.30. The van der Waals surface area contributed by atoms with Crippen LogP contribution < -0.4 is 10.1 Å². The van der Waals surface area contributed by atoms with Gasteiger partial charge >= 0.3 is 0 Å². The van der Waals surface area contributed by atoms with Gasteiger partial charge in [-0.1, -0.05) is 23.2 Å². The van der Waals surface area contributed by atoms with Crippen molar-refractivity contribution in [2.75, 3.05) is 20.8 Å². The van der Waals surface area contributed by atoms with Crippen LogP contribution in [0.25, 0.3) is 0 Å². The van der Waals surface area contributed by atoms with Crippen molar-refractivity contribution in [1.82, 2.24) is 5.32 Å². The monoisotopic (exact) mass is 303 g/mol. The lowest BCUT2D eigenvalue weighted by atomic mass is 9.91. The molecule has 1 aliphatic rings. The van der Waals surface area contributed by atoms with E-state index in [1.807, 2.05) is 13.1 Å². The van der Waals surface area contributed by atoms with Crippen molar-refractivity contribution < 1.29 is 9.47 Å². The molecule has 0 spiro atoms. The number of methoxy groups -OCH3 is 1. The molecule has 0 amide bonds. The van der Waals surface area contributed by atoms with Crippen LogP contribution in [0.5, 0.6) is 5.75 Å². The van der Waals surface area contributed by atoms with Gasteiger partial charge in [-0.2, -0.15) is 0 Å². The fraction of sp³-hybridized carbons (Fsp3) is 0.571. The molecule has 1 saturated heterocycles. The Kier molecular flexibility index (Phi) is 4.96. The van der Waals surface area contributed by atoms with E-state index in [0.717, 1.165) is 18.6 Å². The standard InChI is InChI=1S/C14H19Cl2NO2/c1-8-4-9(7-19-8)14(17-2)10-5-12(16)13(18-3)6-11(10)15/h5-6,8-9,14,17H,4,7H2,1-3H3. The lowest BCUT2D eigenvalue weighted by molar-refractivity contribution is 0.117. The van der Waals surface area contributed by atoms with Crippen molar-refractivity contribution in [1.29, 1.82) is 0 Å². The van der Waals surface area contributed by atoms with E-state index in [1.54, 1.807) is 13.2 Å². The molecule has 1 aromatic rings. The van der Waals surface area contributed by atoms with Gasteiger partial charge in [0.25, 0.3) is 0 Å². The minimum absolute atomic E-state index is 0.140. The van der Waals surface area contributed by atoms with Crippen molar-refractivity contribution in [2.24, 2.45) is 5.92 Å². The predicted molar refractivity (Wildman–Crippen MR) is 78.3 cm³/mol. The average molecular weight is 304 g/mol. The lowest BCUT2D eigenvalue weighted by Crippen LogP contribution is -2.26. The first-order valence-electron chi connectivity index (χ1n) is 6.38. The van der Waals surface area contributed by atoms with Gasteiger partial charge in [0, 0.05) is 23.0 Å². The highest BCUT2D eigenvalue weighted by atomic mass is 35.5. The second kappa shape index (κ2) is 6.31. The molecule has 1 N–H and O–H groups in total. The minimum Gasteiger partial charge on any atom is -0.495 e. The number of rotatable bonds is 4. The van der Waals surface area contributed by atoms with Gasteiger partial charge in [-0.25, -0.2) is 0 Å². The number of ether oxygens (including phenoxy) is 2. The summed E-state index contributed by atoms with van der Waals surface area (Å²) in [6.45, 7) is 2.84. The molecule has 5 heteroatoms. The van der Waals surface area contributed by atoms with E-state index in [-0.39, 0.29) is 6.04 Å². The number of hydrogen-bond acceptors (Lipinski definition) is 3. The zero-order valence-electron chi connectivity index (χ0n) is 11.4. The SMILES string of the molecule is CNC(c1cc(Cl)c(OC)cc1Cl)C1COC(C)C1. The Labute approximate surface area is 124 Å². The molecular formula is C14H19Cl2NO2. The normalized spacial score (nSPS) is 24.5. The second-order valence-corrected chi connectivity index (χ2v) is 5.73. The molecule has 106 valence electrons. The Bertz CT molecular complexity index is 453. The highest BCUT2D eigenvalue weighted by Crippen LogP contribution is 2.39.